The molecule has 0 N–H and O–H groups in total. The Morgan fingerprint density at radius 3 is 2.19 bits per heavy atom. The molecule has 11 rings (SSSR count). The minimum atomic E-state index is -3.80. The molecule has 1 atom stereocenters. The summed E-state index contributed by atoms with van der Waals surface area (Å²) in [5, 5.41) is 0. The van der Waals surface area contributed by atoms with Gasteiger partial charge in [-0.1, -0.05) is 121 Å². The van der Waals surface area contributed by atoms with Crippen LogP contribution in [0.4, 0.5) is 0 Å². The lowest BCUT2D eigenvalue weighted by molar-refractivity contribution is -0.997. The van der Waals surface area contributed by atoms with E-state index in [1.54, 1.807) is 18.3 Å². The van der Waals surface area contributed by atoms with Crippen LogP contribution in [-0.2, 0) is 23.1 Å². The summed E-state index contributed by atoms with van der Waals surface area (Å²) in [5.74, 6) is 0.117. The lowest BCUT2D eigenvalue weighted by atomic mass is 9.80. The van der Waals surface area contributed by atoms with E-state index in [1.807, 2.05) is 41.0 Å². The minimum Gasteiger partial charge on any atom is -0.392 e. The first-order valence-corrected chi connectivity index (χ1v) is 19.3. The lowest BCUT2D eigenvalue weighted by Crippen LogP contribution is -2.78. The van der Waals surface area contributed by atoms with Gasteiger partial charge < -0.3 is 4.74 Å². The van der Waals surface area contributed by atoms with E-state index in [1.165, 1.54) is 5.56 Å². The molecule has 0 bridgehead atoms. The van der Waals surface area contributed by atoms with E-state index in [0.29, 0.717) is 11.4 Å². The quantitative estimate of drug-likeness (QED) is 0.164. The number of para-hydroxylation sites is 2. The molecule has 3 aliphatic heterocycles. The summed E-state index contributed by atoms with van der Waals surface area (Å²) in [6, 6.07) is 35.3. The van der Waals surface area contributed by atoms with Crippen molar-refractivity contribution in [3.63, 3.8) is 0 Å². The minimum absolute atomic E-state index is 0.203. The highest BCUT2D eigenvalue weighted by Crippen LogP contribution is 2.54. The third kappa shape index (κ3) is 4.67. The molecular formula is C53H47N3O+2. The molecule has 5 heterocycles. The molecule has 0 amide bonds. The zero-order valence-electron chi connectivity index (χ0n) is 45.0. The van der Waals surface area contributed by atoms with Crippen LogP contribution in [0.3, 0.4) is 0 Å². The zero-order valence-corrected chi connectivity index (χ0v) is 32.0. The van der Waals surface area contributed by atoms with Gasteiger partial charge >= 0.3 is 11.7 Å². The number of hydrogen-bond donors (Lipinski definition) is 0. The van der Waals surface area contributed by atoms with Crippen LogP contribution in [0.15, 0.2) is 146 Å². The van der Waals surface area contributed by atoms with Crippen molar-refractivity contribution in [1.29, 1.82) is 0 Å². The Hall–Kier alpha value is -6.26. The van der Waals surface area contributed by atoms with Gasteiger partial charge in [-0.2, -0.15) is 4.57 Å². The molecule has 4 nitrogen and oxygen atoms in total. The number of fused-ring (bicyclic) bond motifs is 5. The topological polar surface area (TPSA) is 21.9 Å². The maximum atomic E-state index is 9.33. The molecule has 2 aromatic heterocycles. The number of aromatic nitrogens is 3. The number of rotatable bonds is 4. The molecule has 1 spiro atoms. The molecule has 0 fully saturated rings. The van der Waals surface area contributed by atoms with Gasteiger partial charge in [0.15, 0.2) is 17.2 Å². The number of ether oxygens (including phenoxy) is 1. The van der Waals surface area contributed by atoms with E-state index >= 15 is 0 Å². The van der Waals surface area contributed by atoms with Gasteiger partial charge in [0, 0.05) is 35.6 Å². The standard InChI is InChI=1S/C53H47N3O/c1-8-33-29-39(25-26-40(33)35-15-10-9-11-16-35)55-45-19-14-18-41-43-31-38(52(5,6)7)32-44-46-30-36(34-21-23-37(24-22-34)51(2,3)4)27-28-54(46)53(48(43)44)56(49(41)45)50(55)42-17-12-13-20-47(42)57-53/h9-32H,8H2,1-7H3/q+2/i2D3,3D3,4D3,21D,22D,23D,24D. The number of pyridine rings is 1. The first-order valence-electron chi connectivity index (χ1n) is 25.8. The summed E-state index contributed by atoms with van der Waals surface area (Å²) in [6.45, 7) is -2.83. The molecular weight excluding hydrogens is 695 g/mol. The SMILES string of the molecule is [2H]c1c([2H])c(C(C([2H])([2H])[2H])(C([2H])([2H])[2H])C([2H])([2H])[2H])c([2H])c([2H])c1-c1cc[n+]2c(c1)-c1cc(C(C)(C)C)cc3c1C21Oc2ccccc2-c2n(-c4ccc(-c5ccccc5)c(CC)c4)c4cccc-3c4[n+]21. The lowest BCUT2D eigenvalue weighted by Gasteiger charge is -2.32. The van der Waals surface area contributed by atoms with Crippen LogP contribution in [-0.4, -0.2) is 4.57 Å². The van der Waals surface area contributed by atoms with Crippen LogP contribution in [0.2, 0.25) is 0 Å². The fraction of sp³-hybridized carbons (Fsp3) is 0.208. The highest BCUT2D eigenvalue weighted by atomic mass is 16.5. The highest BCUT2D eigenvalue weighted by molar-refractivity contribution is 5.98. The normalized spacial score (nSPS) is 19.9. The van der Waals surface area contributed by atoms with Gasteiger partial charge in [-0.05, 0) is 111 Å². The Morgan fingerprint density at radius 2 is 1.42 bits per heavy atom. The van der Waals surface area contributed by atoms with Crippen molar-refractivity contribution in [3.05, 3.63) is 168 Å². The second-order valence-corrected chi connectivity index (χ2v) is 16.3. The Balaban J connectivity index is 1.22. The Labute approximate surface area is 353 Å². The summed E-state index contributed by atoms with van der Waals surface area (Å²) in [4.78, 5) is 0. The van der Waals surface area contributed by atoms with Crippen molar-refractivity contribution < 1.29 is 31.7 Å². The van der Waals surface area contributed by atoms with Crippen LogP contribution in [0, 0.1) is 0 Å². The number of nitrogens with zero attached hydrogens (tertiary/aromatic N) is 3. The third-order valence-electron chi connectivity index (χ3n) is 11.9. The average Bonchev–Trinajstić information content (AvgIpc) is 3.79. The van der Waals surface area contributed by atoms with Crippen molar-refractivity contribution in [2.75, 3.05) is 0 Å². The van der Waals surface area contributed by atoms with Crippen molar-refractivity contribution in [3.8, 4) is 67.5 Å². The number of benzene rings is 6. The van der Waals surface area contributed by atoms with E-state index in [2.05, 4.69) is 104 Å². The van der Waals surface area contributed by atoms with E-state index < -0.39 is 61.6 Å². The Bertz CT molecular complexity index is 3500. The molecule has 0 saturated heterocycles. The summed E-state index contributed by atoms with van der Waals surface area (Å²) < 4.78 is 126. The van der Waals surface area contributed by atoms with Gasteiger partial charge in [0.2, 0.25) is 5.69 Å². The summed E-state index contributed by atoms with van der Waals surface area (Å²) in [6.07, 6.45) is 2.58. The van der Waals surface area contributed by atoms with Gasteiger partial charge in [-0.15, -0.1) is 9.13 Å². The molecule has 3 aliphatic rings. The summed E-state index contributed by atoms with van der Waals surface area (Å²) in [7, 11) is 0. The molecule has 8 aromatic rings. The number of hydrogen-bond acceptors (Lipinski definition) is 1. The molecule has 278 valence electrons. The number of aryl methyl sites for hydroxylation is 1. The summed E-state index contributed by atoms with van der Waals surface area (Å²) in [5.41, 5.74) is 7.01. The van der Waals surface area contributed by atoms with E-state index in [0.717, 1.165) is 73.5 Å². The van der Waals surface area contributed by atoms with Gasteiger partial charge in [-0.3, -0.25) is 0 Å². The smallest absolute Gasteiger partial charge is 0.392 e. The van der Waals surface area contributed by atoms with E-state index in [9.17, 15) is 2.74 Å². The van der Waals surface area contributed by atoms with Crippen molar-refractivity contribution >= 4 is 11.0 Å². The average molecular weight is 755 g/mol. The molecule has 6 aromatic carbocycles. The van der Waals surface area contributed by atoms with Crippen LogP contribution in [0.25, 0.3) is 72.7 Å². The van der Waals surface area contributed by atoms with Crippen LogP contribution in [0.1, 0.15) is 88.3 Å². The van der Waals surface area contributed by atoms with Gasteiger partial charge in [-0.25, -0.2) is 0 Å². The van der Waals surface area contributed by atoms with E-state index in [-0.39, 0.29) is 16.5 Å². The van der Waals surface area contributed by atoms with Gasteiger partial charge in [0.25, 0.3) is 0 Å². The van der Waals surface area contributed by atoms with E-state index in [4.69, 9.17) is 19.8 Å². The highest BCUT2D eigenvalue weighted by Gasteiger charge is 2.68. The Morgan fingerprint density at radius 1 is 0.667 bits per heavy atom. The monoisotopic (exact) mass is 754 g/mol. The number of imidazole rings is 1. The molecule has 4 heteroatoms. The predicted octanol–water partition coefficient (Wildman–Crippen LogP) is 11.9. The largest absolute Gasteiger partial charge is 0.499 e. The van der Waals surface area contributed by atoms with Crippen molar-refractivity contribution in [2.45, 2.75) is 71.4 Å². The molecule has 0 aliphatic carbocycles. The first-order chi connectivity index (χ1) is 32.9. The van der Waals surface area contributed by atoms with Crippen LogP contribution in [0.5, 0.6) is 5.75 Å². The van der Waals surface area contributed by atoms with Crippen LogP contribution >= 0.6 is 0 Å². The molecule has 0 saturated carbocycles. The third-order valence-corrected chi connectivity index (χ3v) is 11.9. The van der Waals surface area contributed by atoms with Gasteiger partial charge in [0.1, 0.15) is 22.6 Å². The molecule has 1 unspecified atom stereocenters. The second-order valence-electron chi connectivity index (χ2n) is 16.3. The Kier molecular flexibility index (Phi) is 4.72. The van der Waals surface area contributed by atoms with Crippen molar-refractivity contribution in [1.82, 2.24) is 4.57 Å². The maximum Gasteiger partial charge on any atom is 0.499 e. The van der Waals surface area contributed by atoms with Crippen molar-refractivity contribution in [2.24, 2.45) is 0 Å². The fourth-order valence-electron chi connectivity index (χ4n) is 9.18. The first kappa shape index (κ1) is 23.1. The molecule has 57 heavy (non-hydrogen) atoms. The molecule has 0 radical (unpaired) electrons. The zero-order chi connectivity index (χ0) is 50.0. The predicted molar refractivity (Wildman–Crippen MR) is 231 cm³/mol. The van der Waals surface area contributed by atoms with Crippen LogP contribution < -0.4 is 13.9 Å². The van der Waals surface area contributed by atoms with Gasteiger partial charge in [0.05, 0.1) is 11.0 Å². The fourth-order valence-corrected chi connectivity index (χ4v) is 9.18. The second kappa shape index (κ2) is 11.6. The maximum absolute atomic E-state index is 9.33. The summed E-state index contributed by atoms with van der Waals surface area (Å²) >= 11 is 0.